The zero-order valence-electron chi connectivity index (χ0n) is 9.69. The molecular formula is C13H17NO2. The topological polar surface area (TPSA) is 50.2 Å². The fourth-order valence-electron chi connectivity index (χ4n) is 1.48. The van der Waals surface area contributed by atoms with Crippen molar-refractivity contribution < 1.29 is 9.53 Å². The minimum atomic E-state index is -0.148. The third-order valence-corrected chi connectivity index (χ3v) is 2.57. The molecule has 0 heterocycles. The Balaban J connectivity index is 2.64. The molecule has 1 aromatic carbocycles. The molecule has 0 spiro atoms. The maximum absolute atomic E-state index is 11.6. The minimum Gasteiger partial charge on any atom is -0.384 e. The molecule has 0 aliphatic carbocycles. The summed E-state index contributed by atoms with van der Waals surface area (Å²) in [5.74, 6) is -0.288. The summed E-state index contributed by atoms with van der Waals surface area (Å²) >= 11 is 0. The summed E-state index contributed by atoms with van der Waals surface area (Å²) in [4.78, 5) is 11.6. The largest absolute Gasteiger partial charge is 0.384 e. The van der Waals surface area contributed by atoms with Crippen molar-refractivity contribution in [1.82, 2.24) is 0 Å². The van der Waals surface area contributed by atoms with Gasteiger partial charge in [-0.1, -0.05) is 37.3 Å². The first-order valence-corrected chi connectivity index (χ1v) is 5.32. The Hall–Kier alpha value is -1.48. The molecule has 0 saturated heterocycles. The number of nitrogens with one attached hydrogen (secondary N) is 1. The first-order chi connectivity index (χ1) is 7.66. The lowest BCUT2D eigenvalue weighted by molar-refractivity contribution is -0.114. The molecule has 3 heteroatoms. The Kier molecular flexibility index (Phi) is 4.86. The highest BCUT2D eigenvalue weighted by molar-refractivity contribution is 6.40. The van der Waals surface area contributed by atoms with Gasteiger partial charge in [0.15, 0.2) is 5.78 Å². The van der Waals surface area contributed by atoms with Crippen molar-refractivity contribution >= 4 is 11.5 Å². The number of Topliss-reactive ketones (excluding diaryl/α,β-unsaturated/α-hetero) is 1. The van der Waals surface area contributed by atoms with Crippen LogP contribution in [0.25, 0.3) is 0 Å². The second kappa shape index (κ2) is 6.18. The van der Waals surface area contributed by atoms with Crippen LogP contribution < -0.4 is 0 Å². The predicted molar refractivity (Wildman–Crippen MR) is 64.1 cm³/mol. The number of hydrogen-bond donors (Lipinski definition) is 1. The number of benzene rings is 1. The summed E-state index contributed by atoms with van der Waals surface area (Å²) < 4.78 is 4.83. The number of ether oxygens (including phenoxy) is 1. The number of hydrogen-bond acceptors (Lipinski definition) is 3. The van der Waals surface area contributed by atoms with E-state index in [1.54, 1.807) is 7.11 Å². The van der Waals surface area contributed by atoms with Crippen molar-refractivity contribution in [2.75, 3.05) is 13.7 Å². The van der Waals surface area contributed by atoms with Gasteiger partial charge in [-0.3, -0.25) is 4.79 Å². The maximum atomic E-state index is 11.6. The van der Waals surface area contributed by atoms with E-state index in [-0.39, 0.29) is 23.8 Å². The van der Waals surface area contributed by atoms with E-state index in [1.807, 2.05) is 37.3 Å². The van der Waals surface area contributed by atoms with E-state index in [0.717, 1.165) is 5.56 Å². The molecule has 0 saturated carbocycles. The van der Waals surface area contributed by atoms with E-state index in [9.17, 15) is 4.79 Å². The van der Waals surface area contributed by atoms with Crippen LogP contribution in [0.4, 0.5) is 0 Å². The summed E-state index contributed by atoms with van der Waals surface area (Å²) in [6.07, 6.45) is 0.284. The molecular weight excluding hydrogens is 202 g/mol. The molecule has 0 aromatic heterocycles. The van der Waals surface area contributed by atoms with Crippen LogP contribution in [0.1, 0.15) is 24.8 Å². The summed E-state index contributed by atoms with van der Waals surface area (Å²) in [7, 11) is 1.55. The number of carbonyl (C=O) groups excluding carboxylic acids is 1. The van der Waals surface area contributed by atoms with Gasteiger partial charge < -0.3 is 10.1 Å². The molecule has 1 N–H and O–H groups in total. The van der Waals surface area contributed by atoms with Crippen LogP contribution in [0, 0.1) is 5.41 Å². The van der Waals surface area contributed by atoms with Crippen LogP contribution in [0.3, 0.4) is 0 Å². The average molecular weight is 219 g/mol. The smallest absolute Gasteiger partial charge is 0.179 e. The van der Waals surface area contributed by atoms with Gasteiger partial charge in [-0.15, -0.1) is 0 Å². The SMILES string of the molecule is COCCC(=O)C(=N)C(C)c1ccccc1. The van der Waals surface area contributed by atoms with Crippen LogP contribution >= 0.6 is 0 Å². The van der Waals surface area contributed by atoms with Crippen molar-refractivity contribution in [3.05, 3.63) is 35.9 Å². The van der Waals surface area contributed by atoms with Gasteiger partial charge in [-0.25, -0.2) is 0 Å². The molecule has 0 fully saturated rings. The number of methoxy groups -OCH3 is 1. The van der Waals surface area contributed by atoms with Gasteiger partial charge in [0.25, 0.3) is 0 Å². The Labute approximate surface area is 95.9 Å². The third kappa shape index (κ3) is 3.28. The maximum Gasteiger partial charge on any atom is 0.179 e. The van der Waals surface area contributed by atoms with Gasteiger partial charge in [0, 0.05) is 19.4 Å². The summed E-state index contributed by atoms with van der Waals surface area (Å²) in [6.45, 7) is 2.26. The standard InChI is InChI=1S/C13H17NO2/c1-10(11-6-4-3-5-7-11)13(14)12(15)8-9-16-2/h3-7,10,14H,8-9H2,1-2H3. The Morgan fingerprint density at radius 2 is 2.00 bits per heavy atom. The molecule has 0 amide bonds. The monoisotopic (exact) mass is 219 g/mol. The van der Waals surface area contributed by atoms with Crippen molar-refractivity contribution in [1.29, 1.82) is 5.41 Å². The highest BCUT2D eigenvalue weighted by Crippen LogP contribution is 2.16. The molecule has 1 aromatic rings. The van der Waals surface area contributed by atoms with E-state index in [2.05, 4.69) is 0 Å². The molecule has 16 heavy (non-hydrogen) atoms. The normalized spacial score (nSPS) is 12.1. The molecule has 0 aliphatic heterocycles. The highest BCUT2D eigenvalue weighted by Gasteiger charge is 2.17. The summed E-state index contributed by atoms with van der Waals surface area (Å²) in [6, 6.07) is 9.62. The Morgan fingerprint density at radius 1 is 1.38 bits per heavy atom. The molecule has 0 radical (unpaired) electrons. The van der Waals surface area contributed by atoms with Gasteiger partial charge in [-0.2, -0.15) is 0 Å². The van der Waals surface area contributed by atoms with Gasteiger partial charge >= 0.3 is 0 Å². The van der Waals surface area contributed by atoms with Gasteiger partial charge in [0.2, 0.25) is 0 Å². The van der Waals surface area contributed by atoms with Crippen molar-refractivity contribution in [3.8, 4) is 0 Å². The highest BCUT2D eigenvalue weighted by atomic mass is 16.5. The van der Waals surface area contributed by atoms with Gasteiger partial charge in [0.05, 0.1) is 12.3 Å². The van der Waals surface area contributed by atoms with Crippen molar-refractivity contribution in [2.24, 2.45) is 0 Å². The lowest BCUT2D eigenvalue weighted by atomic mass is 9.93. The van der Waals surface area contributed by atoms with E-state index in [1.165, 1.54) is 0 Å². The zero-order chi connectivity index (χ0) is 12.0. The van der Waals surface area contributed by atoms with Crippen LogP contribution in [0.2, 0.25) is 0 Å². The van der Waals surface area contributed by atoms with E-state index >= 15 is 0 Å². The molecule has 0 aliphatic rings. The van der Waals surface area contributed by atoms with Crippen LogP contribution in [0.15, 0.2) is 30.3 Å². The van der Waals surface area contributed by atoms with E-state index in [4.69, 9.17) is 10.1 Å². The number of rotatable bonds is 6. The first kappa shape index (κ1) is 12.6. The Morgan fingerprint density at radius 3 is 2.56 bits per heavy atom. The lowest BCUT2D eigenvalue weighted by Crippen LogP contribution is -2.20. The van der Waals surface area contributed by atoms with Crippen LogP contribution in [0.5, 0.6) is 0 Å². The number of carbonyl (C=O) groups is 1. The van der Waals surface area contributed by atoms with Crippen LogP contribution in [-0.4, -0.2) is 25.2 Å². The molecule has 86 valence electrons. The summed E-state index contributed by atoms with van der Waals surface area (Å²) in [5.41, 5.74) is 1.15. The second-order valence-electron chi connectivity index (χ2n) is 3.71. The average Bonchev–Trinajstić information content (AvgIpc) is 2.35. The molecule has 1 rings (SSSR count). The van der Waals surface area contributed by atoms with Gasteiger partial charge in [0.1, 0.15) is 0 Å². The predicted octanol–water partition coefficient (Wildman–Crippen LogP) is 2.42. The fourth-order valence-corrected chi connectivity index (χ4v) is 1.48. The first-order valence-electron chi connectivity index (χ1n) is 5.32. The summed E-state index contributed by atoms with van der Waals surface area (Å²) in [5, 5.41) is 7.81. The molecule has 3 nitrogen and oxygen atoms in total. The number of ketones is 1. The minimum absolute atomic E-state index is 0.141. The van der Waals surface area contributed by atoms with Crippen molar-refractivity contribution in [2.45, 2.75) is 19.3 Å². The Bertz CT molecular complexity index is 359. The molecule has 0 bridgehead atoms. The van der Waals surface area contributed by atoms with Crippen LogP contribution in [-0.2, 0) is 9.53 Å². The molecule has 1 atom stereocenters. The molecule has 1 unspecified atom stereocenters. The van der Waals surface area contributed by atoms with E-state index in [0.29, 0.717) is 6.61 Å². The quantitative estimate of drug-likeness (QED) is 0.747. The lowest BCUT2D eigenvalue weighted by Gasteiger charge is -2.12. The fraction of sp³-hybridized carbons (Fsp3) is 0.385. The van der Waals surface area contributed by atoms with E-state index < -0.39 is 0 Å². The van der Waals surface area contributed by atoms with Crippen molar-refractivity contribution in [3.63, 3.8) is 0 Å². The zero-order valence-corrected chi connectivity index (χ0v) is 9.69. The third-order valence-electron chi connectivity index (χ3n) is 2.57. The van der Waals surface area contributed by atoms with Gasteiger partial charge in [-0.05, 0) is 5.56 Å². The second-order valence-corrected chi connectivity index (χ2v) is 3.71.